The van der Waals surface area contributed by atoms with Crippen molar-refractivity contribution in [1.29, 1.82) is 0 Å². The molecule has 1 aliphatic rings. The van der Waals surface area contributed by atoms with Gasteiger partial charge in [0.1, 0.15) is 11.9 Å². The third-order valence-electron chi connectivity index (χ3n) is 2.80. The fourth-order valence-electron chi connectivity index (χ4n) is 2.06. The first-order valence-corrected chi connectivity index (χ1v) is 5.81. The fraction of sp³-hybridized carbons (Fsp3) is 0.385. The number of hydrogen-bond acceptors (Lipinski definition) is 4. The third-order valence-corrected chi connectivity index (χ3v) is 2.80. The standard InChI is InChI=1S/C13H15NO4/c1-8(15)14-10-3-5-12-9(6-10)2-4-11(18-12)7-13(16)17/h3,5-6,11H,2,4,7H2,1H3,(H,14,15)(H,16,17)/p-1. The zero-order valence-corrected chi connectivity index (χ0v) is 10.1. The molecular weight excluding hydrogens is 234 g/mol. The molecule has 0 radical (unpaired) electrons. The molecule has 1 aliphatic heterocycles. The summed E-state index contributed by atoms with van der Waals surface area (Å²) >= 11 is 0. The number of carboxylic acid groups (broad SMARTS) is 1. The number of hydrogen-bond donors (Lipinski definition) is 1. The molecule has 18 heavy (non-hydrogen) atoms. The molecule has 0 saturated carbocycles. The van der Waals surface area contributed by atoms with E-state index in [0.717, 1.165) is 17.7 Å². The predicted octanol–water partition coefficient (Wildman–Crippen LogP) is 0.479. The zero-order chi connectivity index (χ0) is 13.1. The number of benzene rings is 1. The number of ether oxygens (including phenoxy) is 1. The summed E-state index contributed by atoms with van der Waals surface area (Å²) in [5.74, 6) is -0.540. The average Bonchev–Trinajstić information content (AvgIpc) is 2.27. The van der Waals surface area contributed by atoms with Crippen molar-refractivity contribution in [2.24, 2.45) is 0 Å². The van der Waals surface area contributed by atoms with Gasteiger partial charge < -0.3 is 20.0 Å². The second kappa shape index (κ2) is 5.08. The number of nitrogens with one attached hydrogen (secondary N) is 1. The minimum atomic E-state index is -1.10. The van der Waals surface area contributed by atoms with Crippen LogP contribution in [0.4, 0.5) is 5.69 Å². The lowest BCUT2D eigenvalue weighted by atomic mass is 10.00. The Morgan fingerprint density at radius 2 is 2.28 bits per heavy atom. The van der Waals surface area contributed by atoms with Crippen molar-refractivity contribution in [2.75, 3.05) is 5.32 Å². The molecule has 1 amide bonds. The Labute approximate surface area is 105 Å². The molecule has 0 fully saturated rings. The van der Waals surface area contributed by atoms with Gasteiger partial charge in [-0.1, -0.05) is 0 Å². The van der Waals surface area contributed by atoms with E-state index in [0.29, 0.717) is 12.2 Å². The molecule has 5 heteroatoms. The van der Waals surface area contributed by atoms with Crippen LogP contribution < -0.4 is 15.2 Å². The first kappa shape index (κ1) is 12.4. The van der Waals surface area contributed by atoms with E-state index in [-0.39, 0.29) is 18.4 Å². The van der Waals surface area contributed by atoms with Gasteiger partial charge in [-0.05, 0) is 36.6 Å². The van der Waals surface area contributed by atoms with Crippen LogP contribution in [0.1, 0.15) is 25.3 Å². The van der Waals surface area contributed by atoms with Crippen LogP contribution in [-0.4, -0.2) is 18.0 Å². The minimum absolute atomic E-state index is 0.0904. The van der Waals surface area contributed by atoms with Crippen LogP contribution in [-0.2, 0) is 16.0 Å². The van der Waals surface area contributed by atoms with Gasteiger partial charge in [-0.3, -0.25) is 4.79 Å². The van der Waals surface area contributed by atoms with Crippen molar-refractivity contribution < 1.29 is 19.4 Å². The summed E-state index contributed by atoms with van der Waals surface area (Å²) in [6.07, 6.45) is 0.965. The summed E-state index contributed by atoms with van der Waals surface area (Å²) in [7, 11) is 0. The fourth-order valence-corrected chi connectivity index (χ4v) is 2.06. The van der Waals surface area contributed by atoms with E-state index in [1.165, 1.54) is 6.92 Å². The van der Waals surface area contributed by atoms with Crippen molar-refractivity contribution in [3.8, 4) is 5.75 Å². The van der Waals surface area contributed by atoms with Crippen molar-refractivity contribution in [2.45, 2.75) is 32.3 Å². The third kappa shape index (κ3) is 3.00. The molecule has 2 rings (SSSR count). The highest BCUT2D eigenvalue weighted by Gasteiger charge is 2.20. The molecule has 96 valence electrons. The van der Waals surface area contributed by atoms with Gasteiger partial charge in [0.15, 0.2) is 0 Å². The summed E-state index contributed by atoms with van der Waals surface area (Å²) in [4.78, 5) is 21.5. The Hall–Kier alpha value is -2.04. The topological polar surface area (TPSA) is 78.5 Å². The normalized spacial score (nSPS) is 17.5. The zero-order valence-electron chi connectivity index (χ0n) is 10.1. The molecule has 1 N–H and O–H groups in total. The molecule has 1 aromatic rings. The first-order chi connectivity index (χ1) is 8.54. The number of anilines is 1. The van der Waals surface area contributed by atoms with Gasteiger partial charge in [0, 0.05) is 25.0 Å². The summed E-state index contributed by atoms with van der Waals surface area (Å²) in [5, 5.41) is 13.2. The smallest absolute Gasteiger partial charge is 0.221 e. The van der Waals surface area contributed by atoms with E-state index in [1.54, 1.807) is 12.1 Å². The molecular formula is C13H14NO4-. The Kier molecular flexibility index (Phi) is 3.50. The largest absolute Gasteiger partial charge is 0.550 e. The Bertz CT molecular complexity index is 484. The maximum absolute atomic E-state index is 10.9. The van der Waals surface area contributed by atoms with Gasteiger partial charge in [-0.2, -0.15) is 0 Å². The maximum Gasteiger partial charge on any atom is 0.221 e. The Morgan fingerprint density at radius 1 is 1.50 bits per heavy atom. The Morgan fingerprint density at radius 3 is 2.94 bits per heavy atom. The molecule has 0 spiro atoms. The quantitative estimate of drug-likeness (QED) is 0.843. The number of amides is 1. The predicted molar refractivity (Wildman–Crippen MR) is 63.1 cm³/mol. The molecule has 1 aromatic carbocycles. The van der Waals surface area contributed by atoms with Crippen LogP contribution in [0.3, 0.4) is 0 Å². The average molecular weight is 248 g/mol. The number of aryl methyl sites for hydroxylation is 1. The summed E-state index contributed by atoms with van der Waals surface area (Å²) < 4.78 is 5.57. The van der Waals surface area contributed by atoms with Gasteiger partial charge in [-0.25, -0.2) is 0 Å². The van der Waals surface area contributed by atoms with Crippen LogP contribution in [0.15, 0.2) is 18.2 Å². The Balaban J connectivity index is 2.10. The molecule has 1 unspecified atom stereocenters. The number of rotatable bonds is 3. The van der Waals surface area contributed by atoms with Gasteiger partial charge in [0.2, 0.25) is 5.91 Å². The van der Waals surface area contributed by atoms with E-state index in [2.05, 4.69) is 5.32 Å². The van der Waals surface area contributed by atoms with Crippen LogP contribution in [0.5, 0.6) is 5.75 Å². The highest BCUT2D eigenvalue weighted by atomic mass is 16.5. The minimum Gasteiger partial charge on any atom is -0.550 e. The van der Waals surface area contributed by atoms with Crippen LogP contribution >= 0.6 is 0 Å². The lowest BCUT2D eigenvalue weighted by molar-refractivity contribution is -0.307. The highest BCUT2D eigenvalue weighted by molar-refractivity contribution is 5.88. The molecule has 0 aromatic heterocycles. The van der Waals surface area contributed by atoms with Gasteiger partial charge >= 0.3 is 0 Å². The monoisotopic (exact) mass is 248 g/mol. The second-order valence-corrected chi connectivity index (χ2v) is 4.36. The number of aliphatic carboxylic acids is 1. The maximum atomic E-state index is 10.9. The molecule has 0 aliphatic carbocycles. The number of carbonyl (C=O) groups excluding carboxylic acids is 2. The molecule has 1 atom stereocenters. The summed E-state index contributed by atoms with van der Waals surface area (Å²) in [6, 6.07) is 5.34. The van der Waals surface area contributed by atoms with E-state index in [1.807, 2.05) is 6.07 Å². The number of fused-ring (bicyclic) bond motifs is 1. The molecule has 0 saturated heterocycles. The van der Waals surface area contributed by atoms with Gasteiger partial charge in [-0.15, -0.1) is 0 Å². The lowest BCUT2D eigenvalue weighted by Gasteiger charge is -2.26. The van der Waals surface area contributed by atoms with E-state index in [9.17, 15) is 14.7 Å². The number of carbonyl (C=O) groups is 2. The van der Waals surface area contributed by atoms with Crippen molar-refractivity contribution in [1.82, 2.24) is 0 Å². The summed E-state index contributed by atoms with van der Waals surface area (Å²) in [5.41, 5.74) is 1.71. The molecule has 1 heterocycles. The molecule has 0 bridgehead atoms. The second-order valence-electron chi connectivity index (χ2n) is 4.36. The van der Waals surface area contributed by atoms with Gasteiger partial charge in [0.05, 0.1) is 0 Å². The van der Waals surface area contributed by atoms with Crippen molar-refractivity contribution in [3.63, 3.8) is 0 Å². The van der Waals surface area contributed by atoms with Gasteiger partial charge in [0.25, 0.3) is 0 Å². The van der Waals surface area contributed by atoms with Crippen molar-refractivity contribution >= 4 is 17.6 Å². The van der Waals surface area contributed by atoms with E-state index in [4.69, 9.17) is 4.74 Å². The van der Waals surface area contributed by atoms with E-state index >= 15 is 0 Å². The van der Waals surface area contributed by atoms with Crippen LogP contribution in [0, 0.1) is 0 Å². The van der Waals surface area contributed by atoms with Crippen LogP contribution in [0.2, 0.25) is 0 Å². The van der Waals surface area contributed by atoms with Crippen LogP contribution in [0.25, 0.3) is 0 Å². The van der Waals surface area contributed by atoms with E-state index < -0.39 is 5.97 Å². The van der Waals surface area contributed by atoms with Crippen molar-refractivity contribution in [3.05, 3.63) is 23.8 Å². The summed E-state index contributed by atoms with van der Waals surface area (Å²) in [6.45, 7) is 1.45. The molecule has 5 nitrogen and oxygen atoms in total. The lowest BCUT2D eigenvalue weighted by Crippen LogP contribution is -2.32. The number of carboxylic acids is 1. The first-order valence-electron chi connectivity index (χ1n) is 5.81. The SMILES string of the molecule is CC(=O)Nc1ccc2c(c1)CCC(CC(=O)[O-])O2. The highest BCUT2D eigenvalue weighted by Crippen LogP contribution is 2.30.